The minimum absolute atomic E-state index is 0.150. The number of nitrogens with zero attached hydrogens (tertiary/aromatic N) is 2. The lowest BCUT2D eigenvalue weighted by molar-refractivity contribution is 0.0383. The standard InChI is InChI=1S/C18H20N4O5S/c23-16(12-1-2-14-15(9-12)27-11-26-14)21-18-20-13(10-28-18)17(24)19-3-4-22-5-7-25-8-6-22/h1-2,9-10H,3-8,11H2,(H,19,24)(H,20,21,23). The van der Waals surface area contributed by atoms with Gasteiger partial charge in [0.05, 0.1) is 13.2 Å². The zero-order chi connectivity index (χ0) is 19.3. The van der Waals surface area contributed by atoms with Gasteiger partial charge in [-0.1, -0.05) is 0 Å². The molecule has 1 aromatic carbocycles. The molecular formula is C18H20N4O5S. The molecule has 0 aliphatic carbocycles. The van der Waals surface area contributed by atoms with Crippen molar-refractivity contribution in [3.05, 3.63) is 34.8 Å². The number of ether oxygens (including phenoxy) is 3. The third kappa shape index (κ3) is 4.41. The number of rotatable bonds is 6. The van der Waals surface area contributed by atoms with E-state index in [2.05, 4.69) is 20.5 Å². The highest BCUT2D eigenvalue weighted by Crippen LogP contribution is 2.32. The van der Waals surface area contributed by atoms with Gasteiger partial charge in [0.25, 0.3) is 11.8 Å². The van der Waals surface area contributed by atoms with Crippen LogP contribution in [0.15, 0.2) is 23.6 Å². The van der Waals surface area contributed by atoms with Crippen LogP contribution in [0.2, 0.25) is 0 Å². The minimum Gasteiger partial charge on any atom is -0.454 e. The van der Waals surface area contributed by atoms with Crippen molar-refractivity contribution in [2.24, 2.45) is 0 Å². The molecule has 4 rings (SSSR count). The van der Waals surface area contributed by atoms with E-state index in [0.29, 0.717) is 28.7 Å². The monoisotopic (exact) mass is 404 g/mol. The van der Waals surface area contributed by atoms with Gasteiger partial charge < -0.3 is 19.5 Å². The summed E-state index contributed by atoms with van der Waals surface area (Å²) in [5, 5.41) is 7.54. The van der Waals surface area contributed by atoms with Crippen LogP contribution in [-0.4, -0.2) is 67.9 Å². The first-order valence-electron chi connectivity index (χ1n) is 8.94. The van der Waals surface area contributed by atoms with E-state index in [1.165, 1.54) is 11.3 Å². The molecule has 0 bridgehead atoms. The SMILES string of the molecule is O=C(Nc1nc(C(=O)NCCN2CCOCC2)cs1)c1ccc2c(c1)OCO2. The van der Waals surface area contributed by atoms with E-state index < -0.39 is 0 Å². The van der Waals surface area contributed by atoms with E-state index in [0.717, 1.165) is 32.8 Å². The van der Waals surface area contributed by atoms with E-state index >= 15 is 0 Å². The first kappa shape index (κ1) is 18.7. The van der Waals surface area contributed by atoms with Gasteiger partial charge in [0.1, 0.15) is 5.69 Å². The number of morpholine rings is 1. The van der Waals surface area contributed by atoms with Crippen LogP contribution in [0.5, 0.6) is 11.5 Å². The molecule has 28 heavy (non-hydrogen) atoms. The van der Waals surface area contributed by atoms with E-state index in [4.69, 9.17) is 14.2 Å². The Kier molecular flexibility index (Phi) is 5.70. The fraction of sp³-hybridized carbons (Fsp3) is 0.389. The Hall–Kier alpha value is -2.69. The number of carbonyl (C=O) groups excluding carboxylic acids is 2. The number of benzene rings is 1. The van der Waals surface area contributed by atoms with Gasteiger partial charge in [0, 0.05) is 37.1 Å². The molecule has 2 N–H and O–H groups in total. The number of thiazole rings is 1. The van der Waals surface area contributed by atoms with Crippen molar-refractivity contribution in [3.63, 3.8) is 0 Å². The zero-order valence-corrected chi connectivity index (χ0v) is 15.9. The summed E-state index contributed by atoms with van der Waals surface area (Å²) in [6.07, 6.45) is 0. The predicted molar refractivity (Wildman–Crippen MR) is 102 cm³/mol. The lowest BCUT2D eigenvalue weighted by atomic mass is 10.2. The van der Waals surface area contributed by atoms with Gasteiger partial charge in [-0.2, -0.15) is 0 Å². The lowest BCUT2D eigenvalue weighted by Crippen LogP contribution is -2.41. The normalized spacial score (nSPS) is 16.0. The highest BCUT2D eigenvalue weighted by atomic mass is 32.1. The number of aromatic nitrogens is 1. The smallest absolute Gasteiger partial charge is 0.270 e. The summed E-state index contributed by atoms with van der Waals surface area (Å²) in [6.45, 7) is 4.67. The Morgan fingerprint density at radius 1 is 1.14 bits per heavy atom. The minimum atomic E-state index is -0.327. The fourth-order valence-corrected chi connectivity index (χ4v) is 3.57. The van der Waals surface area contributed by atoms with Gasteiger partial charge in [-0.15, -0.1) is 11.3 Å². The molecule has 0 radical (unpaired) electrons. The second kappa shape index (κ2) is 8.55. The number of fused-ring (bicyclic) bond motifs is 1. The molecule has 1 aromatic heterocycles. The Morgan fingerprint density at radius 3 is 2.82 bits per heavy atom. The molecule has 2 aliphatic rings. The zero-order valence-electron chi connectivity index (χ0n) is 15.1. The van der Waals surface area contributed by atoms with Gasteiger partial charge in [0.15, 0.2) is 16.6 Å². The third-order valence-electron chi connectivity index (χ3n) is 4.41. The van der Waals surface area contributed by atoms with E-state index in [9.17, 15) is 9.59 Å². The maximum Gasteiger partial charge on any atom is 0.270 e. The van der Waals surface area contributed by atoms with Crippen molar-refractivity contribution in [1.82, 2.24) is 15.2 Å². The van der Waals surface area contributed by atoms with Gasteiger partial charge in [-0.05, 0) is 18.2 Å². The van der Waals surface area contributed by atoms with Gasteiger partial charge in [-0.3, -0.25) is 19.8 Å². The van der Waals surface area contributed by atoms with Crippen molar-refractivity contribution >= 4 is 28.3 Å². The largest absolute Gasteiger partial charge is 0.454 e. The maximum atomic E-state index is 12.4. The molecule has 1 saturated heterocycles. The first-order chi connectivity index (χ1) is 13.7. The quantitative estimate of drug-likeness (QED) is 0.746. The van der Waals surface area contributed by atoms with Crippen molar-refractivity contribution in [2.45, 2.75) is 0 Å². The van der Waals surface area contributed by atoms with Gasteiger partial charge >= 0.3 is 0 Å². The summed E-state index contributed by atoms with van der Waals surface area (Å²) in [6, 6.07) is 4.95. The highest BCUT2D eigenvalue weighted by Gasteiger charge is 2.18. The summed E-state index contributed by atoms with van der Waals surface area (Å²) >= 11 is 1.20. The molecule has 2 amide bonds. The number of nitrogens with one attached hydrogen (secondary N) is 2. The number of anilines is 1. The van der Waals surface area contributed by atoms with Crippen molar-refractivity contribution in [2.75, 3.05) is 51.5 Å². The summed E-state index contributed by atoms with van der Waals surface area (Å²) < 4.78 is 15.8. The van der Waals surface area contributed by atoms with Gasteiger partial charge in [-0.25, -0.2) is 4.98 Å². The first-order valence-corrected chi connectivity index (χ1v) is 9.82. The van der Waals surface area contributed by atoms with Gasteiger partial charge in [0.2, 0.25) is 6.79 Å². The second-order valence-electron chi connectivity index (χ2n) is 6.27. The summed E-state index contributed by atoms with van der Waals surface area (Å²) in [7, 11) is 0. The second-order valence-corrected chi connectivity index (χ2v) is 7.13. The van der Waals surface area contributed by atoms with E-state index in [-0.39, 0.29) is 24.3 Å². The van der Waals surface area contributed by atoms with Crippen LogP contribution in [-0.2, 0) is 4.74 Å². The van der Waals surface area contributed by atoms with Crippen LogP contribution >= 0.6 is 11.3 Å². The Bertz CT molecular complexity index is 865. The fourth-order valence-electron chi connectivity index (χ4n) is 2.89. The van der Waals surface area contributed by atoms with Crippen molar-refractivity contribution < 1.29 is 23.8 Å². The van der Waals surface area contributed by atoms with Crippen LogP contribution in [0.3, 0.4) is 0 Å². The molecule has 2 aliphatic heterocycles. The average Bonchev–Trinajstić information content (AvgIpc) is 3.37. The van der Waals surface area contributed by atoms with Crippen LogP contribution in [0.1, 0.15) is 20.8 Å². The van der Waals surface area contributed by atoms with Crippen LogP contribution in [0, 0.1) is 0 Å². The topological polar surface area (TPSA) is 102 Å². The summed E-state index contributed by atoms with van der Waals surface area (Å²) in [5.74, 6) is 0.564. The third-order valence-corrected chi connectivity index (χ3v) is 5.17. The molecule has 3 heterocycles. The van der Waals surface area contributed by atoms with Crippen LogP contribution in [0.25, 0.3) is 0 Å². The molecule has 0 spiro atoms. The van der Waals surface area contributed by atoms with Crippen LogP contribution in [0.4, 0.5) is 5.13 Å². The average molecular weight is 404 g/mol. The molecule has 148 valence electrons. The number of amides is 2. The Morgan fingerprint density at radius 2 is 1.96 bits per heavy atom. The van der Waals surface area contributed by atoms with E-state index in [1.54, 1.807) is 23.6 Å². The maximum absolute atomic E-state index is 12.4. The highest BCUT2D eigenvalue weighted by molar-refractivity contribution is 7.14. The lowest BCUT2D eigenvalue weighted by Gasteiger charge is -2.26. The van der Waals surface area contributed by atoms with E-state index in [1.807, 2.05) is 0 Å². The molecule has 2 aromatic rings. The predicted octanol–water partition coefficient (Wildman–Crippen LogP) is 1.19. The van der Waals surface area contributed by atoms with Crippen molar-refractivity contribution in [3.8, 4) is 11.5 Å². The summed E-state index contributed by atoms with van der Waals surface area (Å²) in [4.78, 5) is 31.0. The molecule has 0 unspecified atom stereocenters. The Labute approximate surface area is 165 Å². The molecule has 0 atom stereocenters. The molecular weight excluding hydrogens is 384 g/mol. The molecule has 0 saturated carbocycles. The number of hydrogen-bond donors (Lipinski definition) is 2. The molecule has 1 fully saturated rings. The van der Waals surface area contributed by atoms with Crippen LogP contribution < -0.4 is 20.1 Å². The Balaban J connectivity index is 1.28. The van der Waals surface area contributed by atoms with Crippen molar-refractivity contribution in [1.29, 1.82) is 0 Å². The summed E-state index contributed by atoms with van der Waals surface area (Å²) in [5.41, 5.74) is 0.712. The number of carbonyl (C=O) groups is 2. The molecule has 9 nitrogen and oxygen atoms in total. The molecule has 10 heteroatoms. The number of hydrogen-bond acceptors (Lipinski definition) is 8.